The van der Waals surface area contributed by atoms with Gasteiger partial charge in [0.25, 0.3) is 0 Å². The van der Waals surface area contributed by atoms with E-state index in [0.717, 1.165) is 75.0 Å². The Bertz CT molecular complexity index is 1060. The minimum Gasteiger partial charge on any atom is -0.468 e. The second kappa shape index (κ2) is 47.3. The number of alkyl halides is 1. The van der Waals surface area contributed by atoms with Crippen LogP contribution in [0.25, 0.3) is 0 Å². The quantitative estimate of drug-likeness (QED) is 0.150. The Balaban J connectivity index is 0.000000424. The molecule has 0 aromatic rings. The third-order valence-electron chi connectivity index (χ3n) is 17.2. The topological polar surface area (TPSA) is 63.2 Å². The summed E-state index contributed by atoms with van der Waals surface area (Å²) in [6.45, 7) is 32.1. The fraction of sp³-hybridized carbons (Fsp3) is 0.871. The zero-order valence-corrected chi connectivity index (χ0v) is 50.3. The van der Waals surface area contributed by atoms with Crippen molar-refractivity contribution in [2.75, 3.05) is 145 Å². The van der Waals surface area contributed by atoms with E-state index in [1.165, 1.54) is 253 Å². The number of nitrogens with one attached hydrogen (secondary N) is 8. The Hall–Kier alpha value is -0.510. The van der Waals surface area contributed by atoms with Crippen molar-refractivity contribution in [3.05, 3.63) is 56.4 Å². The molecule has 12 heteroatoms. The fourth-order valence-electron chi connectivity index (χ4n) is 11.2. The molecule has 8 saturated heterocycles. The lowest BCUT2D eigenvalue weighted by atomic mass is 9.93. The molecule has 74 heavy (non-hydrogen) atoms. The molecule has 8 heterocycles. The maximum absolute atomic E-state index is 12.3. The van der Waals surface area contributed by atoms with Gasteiger partial charge in [0, 0.05) is 53.5 Å². The van der Waals surface area contributed by atoms with Crippen LogP contribution in [0.1, 0.15) is 163 Å². The van der Waals surface area contributed by atoms with Gasteiger partial charge in [-0.2, -0.15) is 56.4 Å². The van der Waals surface area contributed by atoms with Crippen LogP contribution in [0.4, 0.5) is 4.39 Å². The monoisotopic (exact) mass is 1060 g/mol. The SMILES string of the molecule is [CH2-][NH+]1CCC(C)CC1.[CH2-][NH+]1CCC(CC)CC1.[CH2-][NH+]1CCC(CCC)CC1.[CH2-][NH+]1CCC(CCOC)CC1.[CH2-][NH+]1CCC(COC)CC1.[CH2-][NH+]1CCC(COCC)CC1.[CH2-][NH+]1CCC(F)CC1.[CH2-][NH+]1CCCCC1. The van der Waals surface area contributed by atoms with Gasteiger partial charge in [-0.3, -0.25) is 0 Å². The maximum atomic E-state index is 12.3. The zero-order valence-electron chi connectivity index (χ0n) is 50.3. The van der Waals surface area contributed by atoms with Gasteiger partial charge in [0.15, 0.2) is 0 Å². The number of quaternary nitrogens is 8. The Labute approximate surface area is 462 Å². The zero-order chi connectivity index (χ0) is 54.8. The first-order valence-electron chi connectivity index (χ1n) is 31.1. The molecule has 8 aliphatic rings. The molecule has 0 spiro atoms. The smallest absolute Gasteiger partial charge is 0.111 e. The average Bonchev–Trinajstić information content (AvgIpc) is 3.41. The summed E-state index contributed by atoms with van der Waals surface area (Å²) in [5.41, 5.74) is 0. The lowest BCUT2D eigenvalue weighted by Gasteiger charge is -2.30. The molecule has 0 amide bonds. The van der Waals surface area contributed by atoms with Crippen LogP contribution in [-0.2, 0) is 14.2 Å². The van der Waals surface area contributed by atoms with Crippen molar-refractivity contribution in [2.24, 2.45) is 35.5 Å². The Kier molecular flexibility index (Phi) is 45.7. The van der Waals surface area contributed by atoms with Gasteiger partial charge in [0.2, 0.25) is 0 Å². The number of hydrogen-bond acceptors (Lipinski definition) is 3. The summed E-state index contributed by atoms with van der Waals surface area (Å²) in [4.78, 5) is 11.4. The number of rotatable bonds is 11. The van der Waals surface area contributed by atoms with Gasteiger partial charge in [-0.1, -0.05) is 40.0 Å². The van der Waals surface area contributed by atoms with Crippen LogP contribution in [0.5, 0.6) is 0 Å². The molecule has 8 aliphatic heterocycles. The summed E-state index contributed by atoms with van der Waals surface area (Å²) in [7, 11) is 35.2. The van der Waals surface area contributed by atoms with Gasteiger partial charge < -0.3 is 53.4 Å². The largest absolute Gasteiger partial charge is 0.468 e. The minimum atomic E-state index is -0.541. The molecular weight excluding hydrogens is 924 g/mol. The van der Waals surface area contributed by atoms with Crippen LogP contribution >= 0.6 is 0 Å². The molecule has 0 unspecified atom stereocenters. The van der Waals surface area contributed by atoms with Crippen LogP contribution in [-0.4, -0.2) is 152 Å². The Morgan fingerprint density at radius 1 is 0.378 bits per heavy atom. The van der Waals surface area contributed by atoms with Crippen molar-refractivity contribution in [1.82, 2.24) is 0 Å². The van der Waals surface area contributed by atoms with Crippen molar-refractivity contribution in [3.63, 3.8) is 0 Å². The van der Waals surface area contributed by atoms with Gasteiger partial charge in [0.05, 0.1) is 105 Å². The lowest BCUT2D eigenvalue weighted by molar-refractivity contribution is -0.860. The van der Waals surface area contributed by atoms with Gasteiger partial charge in [0.1, 0.15) is 6.17 Å². The number of halogens is 1. The number of piperidine rings is 8. The van der Waals surface area contributed by atoms with E-state index in [0.29, 0.717) is 12.8 Å². The molecule has 8 N–H and O–H groups in total. The third-order valence-corrected chi connectivity index (χ3v) is 17.2. The highest BCUT2D eigenvalue weighted by atomic mass is 19.1. The molecule has 444 valence electrons. The summed E-state index contributed by atoms with van der Waals surface area (Å²) >= 11 is 0. The second-order valence-electron chi connectivity index (χ2n) is 24.2. The van der Waals surface area contributed by atoms with Crippen LogP contribution in [0.15, 0.2) is 0 Å². The number of ether oxygens (including phenoxy) is 3. The highest BCUT2D eigenvalue weighted by Crippen LogP contribution is 2.16. The van der Waals surface area contributed by atoms with Crippen molar-refractivity contribution in [2.45, 2.75) is 169 Å². The molecule has 0 aliphatic carbocycles. The minimum absolute atomic E-state index is 0.541. The molecule has 0 aromatic carbocycles. The number of hydrogen-bond donors (Lipinski definition) is 8. The van der Waals surface area contributed by atoms with E-state index in [-0.39, 0.29) is 0 Å². The summed E-state index contributed by atoms with van der Waals surface area (Å²) in [5.74, 6) is 5.50. The van der Waals surface area contributed by atoms with Crippen LogP contribution < -0.4 is 39.2 Å². The predicted octanol–water partition coefficient (Wildman–Crippen LogP) is 1.03. The fourth-order valence-corrected chi connectivity index (χ4v) is 11.2. The number of likely N-dealkylation sites (tertiary alicyclic amines) is 8. The van der Waals surface area contributed by atoms with Crippen molar-refractivity contribution in [3.8, 4) is 0 Å². The van der Waals surface area contributed by atoms with Crippen LogP contribution in [0.2, 0.25) is 0 Å². The first kappa shape index (κ1) is 71.5. The molecule has 8 rings (SSSR count). The van der Waals surface area contributed by atoms with Crippen molar-refractivity contribution >= 4 is 0 Å². The van der Waals surface area contributed by atoms with Crippen LogP contribution in [0.3, 0.4) is 0 Å². The molecule has 11 nitrogen and oxygen atoms in total. The van der Waals surface area contributed by atoms with Crippen LogP contribution in [0, 0.1) is 91.9 Å². The van der Waals surface area contributed by atoms with E-state index >= 15 is 0 Å². The Morgan fingerprint density at radius 2 is 0.703 bits per heavy atom. The lowest BCUT2D eigenvalue weighted by Crippen LogP contribution is -3.08. The summed E-state index contributed by atoms with van der Waals surface area (Å²) in [6, 6.07) is 0. The van der Waals surface area contributed by atoms with E-state index in [9.17, 15) is 4.39 Å². The first-order valence-corrected chi connectivity index (χ1v) is 31.1. The van der Waals surface area contributed by atoms with Gasteiger partial charge in [-0.15, -0.1) is 0 Å². The summed E-state index contributed by atoms with van der Waals surface area (Å²) < 4.78 is 27.8. The summed E-state index contributed by atoms with van der Waals surface area (Å²) in [5, 5.41) is 0. The standard InChI is InChI=1S/2C9H19NO.C9H19N.C8H17NO.C8H17N.C7H15N.C6H12FN.C6H13N/c1-10-6-3-9(4-7-10)5-8-11-2;1-3-11-8-9-4-6-10(2)7-5-9;1-3-4-9-5-7-10(2)8-6-9;1-9-5-3-8(4-6-9)7-10-2;1-3-8-4-6-9(2)7-5-8;1-7-3-5-8(2)6-4-7;1-8-4-2-6(7)3-5-8;1-7-5-3-2-4-6-7/h9-10H,1,3-8H2,2H3;9-10H,2-8H2,1H3;9-10H,2-8H2,1H3;8-9H,1,3-7H2,2H3;8-9H,2-7H2,1H3;7-8H,2-6H2,1H3;6,8H,1-5H2;7H,1-6H2. The third kappa shape index (κ3) is 40.6. The Morgan fingerprint density at radius 3 is 1.00 bits per heavy atom. The highest BCUT2D eigenvalue weighted by Gasteiger charge is 2.20. The van der Waals surface area contributed by atoms with E-state index in [2.05, 4.69) is 84.1 Å². The molecule has 0 aromatic heterocycles. The number of methoxy groups -OCH3 is 2. The molecule has 0 radical (unpaired) electrons. The predicted molar refractivity (Wildman–Crippen MR) is 308 cm³/mol. The first-order chi connectivity index (χ1) is 35.6. The molecule has 0 saturated carbocycles. The van der Waals surface area contributed by atoms with Gasteiger partial charge in [-0.05, 0) is 145 Å². The molecule has 0 atom stereocenters. The molecule has 8 fully saturated rings. The summed E-state index contributed by atoms with van der Waals surface area (Å²) in [6.07, 6.45) is 26.7. The van der Waals surface area contributed by atoms with Crippen molar-refractivity contribution < 1.29 is 57.8 Å². The van der Waals surface area contributed by atoms with E-state index < -0.39 is 6.17 Å². The van der Waals surface area contributed by atoms with E-state index in [4.69, 9.17) is 14.2 Å². The highest BCUT2D eigenvalue weighted by molar-refractivity contribution is 4.64. The average molecular weight is 1060 g/mol. The van der Waals surface area contributed by atoms with Gasteiger partial charge >= 0.3 is 0 Å². The second-order valence-corrected chi connectivity index (χ2v) is 24.2. The molecule has 0 bridgehead atoms. The van der Waals surface area contributed by atoms with E-state index in [1.54, 1.807) is 14.2 Å². The normalized spacial score (nSPS) is 34.3. The van der Waals surface area contributed by atoms with Crippen molar-refractivity contribution in [1.29, 1.82) is 0 Å². The van der Waals surface area contributed by atoms with E-state index in [1.807, 2.05) is 0 Å². The van der Waals surface area contributed by atoms with Gasteiger partial charge in [-0.25, -0.2) is 4.39 Å². The molecular formula is C62H131FN8O3. The maximum Gasteiger partial charge on any atom is 0.111 e.